The summed E-state index contributed by atoms with van der Waals surface area (Å²) in [6.45, 7) is 4.65. The molecular weight excluding hydrogens is 340 g/mol. The van der Waals surface area contributed by atoms with Crippen molar-refractivity contribution in [3.8, 4) is 17.0 Å². The normalized spacial score (nSPS) is 10.8. The fourth-order valence-electron chi connectivity index (χ4n) is 2.55. The minimum Gasteiger partial charge on any atom is -0.494 e. The number of hydrogen-bond donors (Lipinski definition) is 0. The van der Waals surface area contributed by atoms with E-state index in [1.165, 1.54) is 11.3 Å². The Labute approximate surface area is 149 Å². The average molecular weight is 358 g/mol. The molecular formula is C18H18N2O4S. The molecule has 0 saturated heterocycles. The van der Waals surface area contributed by atoms with E-state index in [0.717, 1.165) is 22.5 Å². The van der Waals surface area contributed by atoms with E-state index in [0.29, 0.717) is 29.6 Å². The van der Waals surface area contributed by atoms with Crippen molar-refractivity contribution in [1.82, 2.24) is 9.38 Å². The second kappa shape index (κ2) is 7.48. The predicted octanol–water partition coefficient (Wildman–Crippen LogP) is 3.38. The van der Waals surface area contributed by atoms with E-state index in [-0.39, 0.29) is 12.4 Å². The number of benzene rings is 1. The van der Waals surface area contributed by atoms with Crippen LogP contribution in [0.2, 0.25) is 0 Å². The number of carbonyl (C=O) groups is 2. The number of ether oxygens (including phenoxy) is 2. The second-order valence-corrected chi connectivity index (χ2v) is 6.35. The van der Waals surface area contributed by atoms with Crippen LogP contribution in [0.4, 0.5) is 0 Å². The molecule has 3 aromatic rings. The summed E-state index contributed by atoms with van der Waals surface area (Å²) >= 11 is 1.38. The van der Waals surface area contributed by atoms with Gasteiger partial charge in [0.2, 0.25) is 0 Å². The lowest BCUT2D eigenvalue weighted by molar-refractivity contribution is -0.142. The zero-order valence-corrected chi connectivity index (χ0v) is 14.8. The summed E-state index contributed by atoms with van der Waals surface area (Å²) in [4.78, 5) is 29.3. The maximum atomic E-state index is 11.6. The third-order valence-corrected chi connectivity index (χ3v) is 4.57. The Bertz CT molecular complexity index is 896. The SMILES string of the molecule is CCOC(=O)Cc1cn2c(C=O)c(-c3ccc(OCC)cc3)nc2s1. The maximum absolute atomic E-state index is 11.6. The van der Waals surface area contributed by atoms with Gasteiger partial charge in [-0.1, -0.05) is 0 Å². The van der Waals surface area contributed by atoms with Gasteiger partial charge in [-0.2, -0.15) is 0 Å². The largest absolute Gasteiger partial charge is 0.494 e. The molecule has 0 bridgehead atoms. The molecule has 130 valence electrons. The first-order valence-electron chi connectivity index (χ1n) is 8.01. The van der Waals surface area contributed by atoms with Crippen molar-refractivity contribution < 1.29 is 19.1 Å². The van der Waals surface area contributed by atoms with Crippen molar-refractivity contribution in [3.05, 3.63) is 41.0 Å². The monoisotopic (exact) mass is 358 g/mol. The fraction of sp³-hybridized carbons (Fsp3) is 0.278. The molecule has 0 aliphatic heterocycles. The van der Waals surface area contributed by atoms with Gasteiger partial charge < -0.3 is 9.47 Å². The summed E-state index contributed by atoms with van der Waals surface area (Å²) in [5.41, 5.74) is 1.92. The molecule has 0 fully saturated rings. The summed E-state index contributed by atoms with van der Waals surface area (Å²) in [5.74, 6) is 0.489. The van der Waals surface area contributed by atoms with Crippen LogP contribution in [0.3, 0.4) is 0 Å². The highest BCUT2D eigenvalue weighted by Crippen LogP contribution is 2.29. The lowest BCUT2D eigenvalue weighted by Crippen LogP contribution is -2.06. The Hall–Kier alpha value is -2.67. The summed E-state index contributed by atoms with van der Waals surface area (Å²) in [6, 6.07) is 7.47. The average Bonchev–Trinajstić information content (AvgIpc) is 3.12. The number of aldehydes is 1. The molecule has 0 N–H and O–H groups in total. The molecule has 2 heterocycles. The highest BCUT2D eigenvalue weighted by atomic mass is 32.1. The zero-order chi connectivity index (χ0) is 17.8. The Kier molecular flexibility index (Phi) is 5.14. The van der Waals surface area contributed by atoms with E-state index >= 15 is 0 Å². The van der Waals surface area contributed by atoms with Gasteiger partial charge in [0, 0.05) is 16.6 Å². The molecule has 1 aromatic carbocycles. The van der Waals surface area contributed by atoms with Crippen molar-refractivity contribution in [3.63, 3.8) is 0 Å². The van der Waals surface area contributed by atoms with Crippen LogP contribution < -0.4 is 4.74 Å². The number of rotatable bonds is 7. The molecule has 0 spiro atoms. The second-order valence-electron chi connectivity index (χ2n) is 5.25. The first-order valence-corrected chi connectivity index (χ1v) is 8.82. The van der Waals surface area contributed by atoms with Gasteiger partial charge >= 0.3 is 5.97 Å². The van der Waals surface area contributed by atoms with Crippen molar-refractivity contribution >= 4 is 28.6 Å². The molecule has 0 radical (unpaired) electrons. The minimum absolute atomic E-state index is 0.179. The molecule has 2 aromatic heterocycles. The van der Waals surface area contributed by atoms with Gasteiger partial charge in [0.1, 0.15) is 17.1 Å². The smallest absolute Gasteiger partial charge is 0.311 e. The van der Waals surface area contributed by atoms with Gasteiger partial charge in [-0.25, -0.2) is 4.98 Å². The standard InChI is InChI=1S/C18H18N2O4S/c1-3-23-13-7-5-12(6-8-13)17-15(11-21)20-10-14(25-18(20)19-17)9-16(22)24-4-2/h5-8,10-11H,3-4,9H2,1-2H3. The van der Waals surface area contributed by atoms with Crippen molar-refractivity contribution in [2.75, 3.05) is 13.2 Å². The minimum atomic E-state index is -0.286. The quantitative estimate of drug-likeness (QED) is 0.478. The van der Waals surface area contributed by atoms with E-state index in [2.05, 4.69) is 4.98 Å². The third-order valence-electron chi connectivity index (χ3n) is 3.59. The topological polar surface area (TPSA) is 69.9 Å². The van der Waals surface area contributed by atoms with E-state index < -0.39 is 0 Å². The molecule has 0 aliphatic rings. The van der Waals surface area contributed by atoms with Crippen LogP contribution in [-0.4, -0.2) is 34.9 Å². The third kappa shape index (κ3) is 3.56. The maximum Gasteiger partial charge on any atom is 0.311 e. The Morgan fingerprint density at radius 3 is 2.64 bits per heavy atom. The molecule has 25 heavy (non-hydrogen) atoms. The summed E-state index contributed by atoms with van der Waals surface area (Å²) in [7, 11) is 0. The van der Waals surface area contributed by atoms with Gasteiger partial charge in [-0.05, 0) is 38.1 Å². The van der Waals surface area contributed by atoms with E-state index in [9.17, 15) is 9.59 Å². The number of hydrogen-bond acceptors (Lipinski definition) is 6. The molecule has 7 heteroatoms. The molecule has 0 amide bonds. The number of imidazole rings is 1. The first kappa shape index (κ1) is 17.2. The summed E-state index contributed by atoms with van der Waals surface area (Å²) in [5, 5.41) is 0. The van der Waals surface area contributed by atoms with Crippen molar-refractivity contribution in [1.29, 1.82) is 0 Å². The Morgan fingerprint density at radius 1 is 1.24 bits per heavy atom. The molecule has 0 unspecified atom stereocenters. The number of nitrogens with zero attached hydrogens (tertiary/aromatic N) is 2. The van der Waals surface area contributed by atoms with Crippen LogP contribution >= 0.6 is 11.3 Å². The summed E-state index contributed by atoms with van der Waals surface area (Å²) < 4.78 is 12.1. The van der Waals surface area contributed by atoms with Crippen LogP contribution in [0.25, 0.3) is 16.2 Å². The van der Waals surface area contributed by atoms with Crippen LogP contribution in [0.15, 0.2) is 30.5 Å². The lowest BCUT2D eigenvalue weighted by atomic mass is 10.1. The van der Waals surface area contributed by atoms with Crippen LogP contribution in [0.5, 0.6) is 5.75 Å². The molecule has 6 nitrogen and oxygen atoms in total. The van der Waals surface area contributed by atoms with Gasteiger partial charge in [0.05, 0.1) is 19.6 Å². The van der Waals surface area contributed by atoms with Crippen LogP contribution in [0.1, 0.15) is 29.2 Å². The lowest BCUT2D eigenvalue weighted by Gasteiger charge is -2.04. The molecule has 0 atom stereocenters. The summed E-state index contributed by atoms with van der Waals surface area (Å²) in [6.07, 6.45) is 2.73. The van der Waals surface area contributed by atoms with Gasteiger partial charge in [-0.15, -0.1) is 11.3 Å². The van der Waals surface area contributed by atoms with Gasteiger partial charge in [0.25, 0.3) is 0 Å². The number of aromatic nitrogens is 2. The number of thiazole rings is 1. The number of carbonyl (C=O) groups excluding carboxylic acids is 2. The highest BCUT2D eigenvalue weighted by molar-refractivity contribution is 7.17. The Morgan fingerprint density at radius 2 is 2.00 bits per heavy atom. The molecule has 3 rings (SSSR count). The first-order chi connectivity index (χ1) is 12.2. The van der Waals surface area contributed by atoms with Crippen LogP contribution in [0, 0.1) is 0 Å². The van der Waals surface area contributed by atoms with E-state index in [1.54, 1.807) is 17.5 Å². The molecule has 0 aliphatic carbocycles. The molecule has 0 saturated carbocycles. The highest BCUT2D eigenvalue weighted by Gasteiger charge is 2.17. The van der Waals surface area contributed by atoms with E-state index in [4.69, 9.17) is 9.47 Å². The van der Waals surface area contributed by atoms with Gasteiger partial charge in [0.15, 0.2) is 11.2 Å². The Balaban J connectivity index is 1.93. The number of fused-ring (bicyclic) bond motifs is 1. The zero-order valence-electron chi connectivity index (χ0n) is 14.0. The van der Waals surface area contributed by atoms with Crippen LogP contribution in [-0.2, 0) is 16.0 Å². The van der Waals surface area contributed by atoms with E-state index in [1.807, 2.05) is 31.2 Å². The predicted molar refractivity (Wildman–Crippen MR) is 95.4 cm³/mol. The number of esters is 1. The van der Waals surface area contributed by atoms with Crippen molar-refractivity contribution in [2.24, 2.45) is 0 Å². The fourth-order valence-corrected chi connectivity index (χ4v) is 3.51. The van der Waals surface area contributed by atoms with Gasteiger partial charge in [-0.3, -0.25) is 14.0 Å². The van der Waals surface area contributed by atoms with Crippen molar-refractivity contribution in [2.45, 2.75) is 20.3 Å².